The quantitative estimate of drug-likeness (QED) is 0.116. The number of nitrogens with one attached hydrogen (secondary N) is 3. The van der Waals surface area contributed by atoms with Crippen molar-refractivity contribution >= 4 is 58.3 Å². The normalized spacial score (nSPS) is 12.5. The highest BCUT2D eigenvalue weighted by Crippen LogP contribution is 2.44. The van der Waals surface area contributed by atoms with Crippen LogP contribution in [0.1, 0.15) is 37.6 Å². The van der Waals surface area contributed by atoms with Crippen LogP contribution in [0, 0.1) is 5.92 Å². The summed E-state index contributed by atoms with van der Waals surface area (Å²) in [5, 5.41) is 17.8. The van der Waals surface area contributed by atoms with Crippen LogP contribution in [0.15, 0.2) is 103 Å². The molecule has 256 valence electrons. The second kappa shape index (κ2) is 16.7. The highest BCUT2D eigenvalue weighted by atomic mass is 31.2. The molecule has 0 spiro atoms. The zero-order chi connectivity index (χ0) is 35.6. The van der Waals surface area contributed by atoms with Gasteiger partial charge in [-0.05, 0) is 60.0 Å². The van der Waals surface area contributed by atoms with Crippen LogP contribution < -0.4 is 26.7 Å². The summed E-state index contributed by atoms with van der Waals surface area (Å²) in [6.07, 6.45) is -0.516. The van der Waals surface area contributed by atoms with Gasteiger partial charge in [0.05, 0.1) is 13.0 Å². The van der Waals surface area contributed by atoms with E-state index in [0.29, 0.717) is 16.2 Å². The Bertz CT molecular complexity index is 1810. The van der Waals surface area contributed by atoms with Crippen molar-refractivity contribution in [1.82, 2.24) is 21.1 Å². The molecule has 0 aliphatic carbocycles. The molecule has 0 aliphatic rings. The number of hydrogen-bond acceptors (Lipinski definition) is 7. The average molecular weight is 687 g/mol. The number of carbonyl (C=O) groups excluding carboxylic acids is 4. The topological polar surface area (TPSA) is 171 Å². The summed E-state index contributed by atoms with van der Waals surface area (Å²) in [6.45, 7) is 3.68. The molecule has 0 heterocycles. The summed E-state index contributed by atoms with van der Waals surface area (Å²) in [4.78, 5) is 64.2. The van der Waals surface area contributed by atoms with E-state index in [1.54, 1.807) is 86.6 Å². The molecule has 0 radical (unpaired) electrons. The summed E-state index contributed by atoms with van der Waals surface area (Å²) in [7, 11) is -3.76. The van der Waals surface area contributed by atoms with Crippen molar-refractivity contribution in [3.8, 4) is 0 Å². The predicted molar refractivity (Wildman–Crippen MR) is 185 cm³/mol. The van der Waals surface area contributed by atoms with E-state index in [9.17, 15) is 33.6 Å². The second-order valence-electron chi connectivity index (χ2n) is 11.6. The van der Waals surface area contributed by atoms with Crippen molar-refractivity contribution < 1.29 is 38.2 Å². The molecule has 0 saturated heterocycles. The summed E-state index contributed by atoms with van der Waals surface area (Å²) in [5.41, 5.74) is 2.72. The van der Waals surface area contributed by atoms with Crippen molar-refractivity contribution in [2.24, 2.45) is 5.92 Å². The lowest BCUT2D eigenvalue weighted by Gasteiger charge is -2.27. The maximum atomic E-state index is 14.2. The molecule has 4 aromatic carbocycles. The molecule has 0 fully saturated rings. The van der Waals surface area contributed by atoms with E-state index in [4.69, 9.17) is 4.52 Å². The molecule has 0 bridgehead atoms. The van der Waals surface area contributed by atoms with Gasteiger partial charge < -0.3 is 20.3 Å². The minimum absolute atomic E-state index is 0.346. The fourth-order valence-corrected chi connectivity index (χ4v) is 6.93. The van der Waals surface area contributed by atoms with E-state index in [1.807, 2.05) is 30.3 Å². The maximum absolute atomic E-state index is 14.2. The number of carboxylic acid groups (broad SMARTS) is 1. The van der Waals surface area contributed by atoms with Crippen LogP contribution in [0.2, 0.25) is 0 Å². The molecule has 4 aromatic rings. The predicted octanol–water partition coefficient (Wildman–Crippen LogP) is 3.38. The van der Waals surface area contributed by atoms with Crippen molar-refractivity contribution in [2.45, 2.75) is 39.3 Å². The highest BCUT2D eigenvalue weighted by molar-refractivity contribution is 7.74. The number of carbonyl (C=O) groups is 5. The van der Waals surface area contributed by atoms with Crippen LogP contribution in [-0.4, -0.2) is 64.9 Å². The van der Waals surface area contributed by atoms with Gasteiger partial charge in [0.15, 0.2) is 0 Å². The maximum Gasteiger partial charge on any atom is 0.305 e. The Morgan fingerprint density at radius 3 is 1.90 bits per heavy atom. The van der Waals surface area contributed by atoms with Gasteiger partial charge in [0, 0.05) is 16.2 Å². The lowest BCUT2D eigenvalue weighted by molar-refractivity contribution is -0.146. The van der Waals surface area contributed by atoms with Crippen LogP contribution in [-0.2, 0) is 28.3 Å². The Morgan fingerprint density at radius 2 is 1.33 bits per heavy atom. The number of hydrogen-bond donors (Lipinski definition) is 4. The largest absolute Gasteiger partial charge is 0.481 e. The Balaban J connectivity index is 1.42. The van der Waals surface area contributed by atoms with Crippen LogP contribution in [0.4, 0.5) is 0 Å². The minimum atomic E-state index is -3.76. The molecule has 49 heavy (non-hydrogen) atoms. The third kappa shape index (κ3) is 9.62. The first-order valence-corrected chi connectivity index (χ1v) is 17.3. The van der Waals surface area contributed by atoms with Gasteiger partial charge in [-0.1, -0.05) is 80.6 Å². The van der Waals surface area contributed by atoms with E-state index < -0.39 is 68.6 Å². The number of rotatable bonds is 14. The van der Waals surface area contributed by atoms with E-state index in [-0.39, 0.29) is 5.92 Å². The Morgan fingerprint density at radius 1 is 0.755 bits per heavy atom. The lowest BCUT2D eigenvalue weighted by Crippen LogP contribution is -2.57. The van der Waals surface area contributed by atoms with Gasteiger partial charge in [-0.2, -0.15) is 0 Å². The number of carboxylic acids is 1. The van der Waals surface area contributed by atoms with Gasteiger partial charge in [0.2, 0.25) is 5.91 Å². The number of nitrogens with zero attached hydrogens (tertiary/aromatic N) is 1. The molecule has 12 nitrogen and oxygen atoms in total. The van der Waals surface area contributed by atoms with Gasteiger partial charge in [-0.3, -0.25) is 39.0 Å². The second-order valence-corrected chi connectivity index (χ2v) is 14.0. The molecule has 4 N–H and O–H groups in total. The zero-order valence-corrected chi connectivity index (χ0v) is 28.3. The van der Waals surface area contributed by atoms with Gasteiger partial charge in [0.25, 0.3) is 25.1 Å². The Labute approximate surface area is 284 Å². The monoisotopic (exact) mass is 686 g/mol. The standard InChI is InChI=1S/C36H39N4O8P/c1-24(2)33(38-35(45)28-19-18-26-12-10-11-13-27(26)22-28)36(46)37-25(3)34(44)39-40(21-20-32(42)43)31(41)23-48-49(47,29-14-6-4-7-15-29)30-16-8-5-9-17-30/h4-19,22,24-25,33H,20-21,23H2,1-3H3,(H,37,46)(H,38,45)(H,39,44)(H,42,43). The Hall–Kier alpha value is -5.32. The van der Waals surface area contributed by atoms with Gasteiger partial charge in [0.1, 0.15) is 18.7 Å². The van der Waals surface area contributed by atoms with Crippen LogP contribution in [0.25, 0.3) is 10.8 Å². The molecule has 2 unspecified atom stereocenters. The number of aliphatic carboxylic acids is 1. The first-order chi connectivity index (χ1) is 23.4. The van der Waals surface area contributed by atoms with E-state index >= 15 is 0 Å². The van der Waals surface area contributed by atoms with Gasteiger partial charge >= 0.3 is 5.97 Å². The molecule has 4 rings (SSSR count). The van der Waals surface area contributed by atoms with Gasteiger partial charge in [-0.15, -0.1) is 0 Å². The van der Waals surface area contributed by atoms with E-state index in [1.165, 1.54) is 6.92 Å². The highest BCUT2D eigenvalue weighted by Gasteiger charge is 2.32. The fraction of sp³-hybridized carbons (Fsp3) is 0.250. The summed E-state index contributed by atoms with van der Waals surface area (Å²) in [6, 6.07) is 27.2. The lowest BCUT2D eigenvalue weighted by atomic mass is 10.0. The third-order valence-corrected chi connectivity index (χ3v) is 10.1. The molecular weight excluding hydrogens is 647 g/mol. The molecule has 2 atom stereocenters. The van der Waals surface area contributed by atoms with Gasteiger partial charge in [-0.25, -0.2) is 0 Å². The van der Waals surface area contributed by atoms with Crippen molar-refractivity contribution in [3.05, 3.63) is 109 Å². The molecule has 0 aliphatic heterocycles. The molecule has 13 heteroatoms. The van der Waals surface area contributed by atoms with Crippen LogP contribution >= 0.6 is 7.37 Å². The van der Waals surface area contributed by atoms with Crippen molar-refractivity contribution in [2.75, 3.05) is 13.2 Å². The number of amides is 4. The fourth-order valence-electron chi connectivity index (χ4n) is 4.91. The average Bonchev–Trinajstić information content (AvgIpc) is 3.11. The van der Waals surface area contributed by atoms with Crippen LogP contribution in [0.3, 0.4) is 0 Å². The Kier molecular flexibility index (Phi) is 12.4. The van der Waals surface area contributed by atoms with E-state index in [2.05, 4.69) is 16.1 Å². The zero-order valence-electron chi connectivity index (χ0n) is 27.4. The summed E-state index contributed by atoms with van der Waals surface area (Å²) in [5.74, 6) is -4.37. The molecular formula is C36H39N4O8P. The molecule has 0 aromatic heterocycles. The molecule has 4 amide bonds. The van der Waals surface area contributed by atoms with Crippen molar-refractivity contribution in [3.63, 3.8) is 0 Å². The third-order valence-electron chi connectivity index (χ3n) is 7.66. The summed E-state index contributed by atoms with van der Waals surface area (Å²) < 4.78 is 19.9. The van der Waals surface area contributed by atoms with Crippen molar-refractivity contribution in [1.29, 1.82) is 0 Å². The SMILES string of the molecule is CC(NC(=O)C(NC(=O)c1ccc2ccccc2c1)C(C)C)C(=O)NN(CCC(=O)O)C(=O)COP(=O)(c1ccccc1)c1ccccc1. The first kappa shape index (κ1) is 36.5. The number of hydrazine groups is 1. The number of benzene rings is 4. The summed E-state index contributed by atoms with van der Waals surface area (Å²) >= 11 is 0. The first-order valence-electron chi connectivity index (χ1n) is 15.7. The molecule has 0 saturated carbocycles. The van der Waals surface area contributed by atoms with E-state index in [0.717, 1.165) is 15.8 Å². The van der Waals surface area contributed by atoms with Crippen LogP contribution in [0.5, 0.6) is 0 Å². The smallest absolute Gasteiger partial charge is 0.305 e. The number of fused-ring (bicyclic) bond motifs is 1. The minimum Gasteiger partial charge on any atom is -0.481 e.